The summed E-state index contributed by atoms with van der Waals surface area (Å²) >= 11 is 0. The second-order valence-electron chi connectivity index (χ2n) is 2.72. The fourth-order valence-corrected chi connectivity index (χ4v) is 1.04. The van der Waals surface area contributed by atoms with Crippen molar-refractivity contribution in [3.63, 3.8) is 0 Å². The van der Waals surface area contributed by atoms with Crippen LogP contribution in [0, 0.1) is 5.82 Å². The topological polar surface area (TPSA) is 55.8 Å². The van der Waals surface area contributed by atoms with Crippen LogP contribution < -0.4 is 5.46 Å². The van der Waals surface area contributed by atoms with Gasteiger partial charge in [-0.05, 0) is 17.6 Å². The van der Waals surface area contributed by atoms with Gasteiger partial charge in [0.2, 0.25) is 0 Å². The Bertz CT molecular complexity index is 372. The smallest absolute Gasteiger partial charge is 0.475 e. The molecule has 0 bridgehead atoms. The van der Waals surface area contributed by atoms with Crippen molar-refractivity contribution in [1.82, 2.24) is 0 Å². The Morgan fingerprint density at radius 3 is 2.73 bits per heavy atom. The van der Waals surface area contributed by atoms with Crippen molar-refractivity contribution in [2.75, 3.05) is 7.11 Å². The van der Waals surface area contributed by atoms with Gasteiger partial charge in [-0.15, -0.1) is 0 Å². The molecule has 0 saturated carbocycles. The van der Waals surface area contributed by atoms with E-state index in [0.717, 1.165) is 13.2 Å². The summed E-state index contributed by atoms with van der Waals surface area (Å²) in [5.41, 5.74) is -0.104. The van der Waals surface area contributed by atoms with Gasteiger partial charge in [0.15, 0.2) is 0 Å². The number of benzene rings is 1. The zero-order chi connectivity index (χ0) is 11.4. The molecule has 15 heavy (non-hydrogen) atoms. The lowest BCUT2D eigenvalue weighted by molar-refractivity contribution is 0.0595. The number of carbonyl (C=O) groups is 1. The molecule has 0 spiro atoms. The van der Waals surface area contributed by atoms with Crippen LogP contribution in [0.1, 0.15) is 10.4 Å². The molecule has 7 heteroatoms. The summed E-state index contributed by atoms with van der Waals surface area (Å²) in [5.74, 6) is -1.60. The van der Waals surface area contributed by atoms with Gasteiger partial charge in [0, 0.05) is 0 Å². The molecule has 1 aromatic carbocycles. The fourth-order valence-electron chi connectivity index (χ4n) is 1.04. The minimum Gasteiger partial charge on any atom is -0.479 e. The highest BCUT2D eigenvalue weighted by molar-refractivity contribution is 6.62. The maximum absolute atomic E-state index is 13.3. The van der Waals surface area contributed by atoms with Crippen LogP contribution in [0.25, 0.3) is 0 Å². The van der Waals surface area contributed by atoms with Gasteiger partial charge >= 0.3 is 13.1 Å². The van der Waals surface area contributed by atoms with E-state index in [1.165, 1.54) is 12.1 Å². The SMILES string of the molecule is [B]OB(O)c1ccc(C(=O)OC)c(F)c1. The molecule has 0 aromatic heterocycles. The van der Waals surface area contributed by atoms with Crippen LogP contribution in [0.3, 0.4) is 0 Å². The minimum atomic E-state index is -1.42. The average Bonchev–Trinajstić information content (AvgIpc) is 2.26. The number of methoxy groups -OCH3 is 1. The van der Waals surface area contributed by atoms with E-state index in [2.05, 4.69) is 9.31 Å². The van der Waals surface area contributed by atoms with Crippen molar-refractivity contribution in [2.24, 2.45) is 0 Å². The number of rotatable bonds is 3. The molecule has 0 heterocycles. The normalized spacial score (nSPS) is 9.80. The summed E-state index contributed by atoms with van der Waals surface area (Å²) in [6.45, 7) is 0. The van der Waals surface area contributed by atoms with Crippen LogP contribution in [0.5, 0.6) is 0 Å². The molecular weight excluding hydrogens is 201 g/mol. The Labute approximate surface area is 87.6 Å². The molecule has 0 aliphatic carbocycles. The fraction of sp³-hybridized carbons (Fsp3) is 0.125. The second kappa shape index (κ2) is 4.95. The molecular formula is C8H7B2FO4. The van der Waals surface area contributed by atoms with Crippen molar-refractivity contribution in [3.8, 4) is 0 Å². The summed E-state index contributed by atoms with van der Waals surface area (Å²) in [4.78, 5) is 11.0. The van der Waals surface area contributed by atoms with Crippen molar-refractivity contribution >= 4 is 26.6 Å². The molecule has 0 amide bonds. The molecule has 0 unspecified atom stereocenters. The first-order valence-corrected chi connectivity index (χ1v) is 4.01. The Hall–Kier alpha value is -1.33. The van der Waals surface area contributed by atoms with E-state index in [9.17, 15) is 9.18 Å². The van der Waals surface area contributed by atoms with Crippen molar-refractivity contribution in [1.29, 1.82) is 0 Å². The Morgan fingerprint density at radius 1 is 1.60 bits per heavy atom. The van der Waals surface area contributed by atoms with Crippen molar-refractivity contribution < 1.29 is 23.5 Å². The maximum Gasteiger partial charge on any atom is 0.475 e. The Morgan fingerprint density at radius 2 is 2.27 bits per heavy atom. The molecule has 76 valence electrons. The number of carbonyl (C=O) groups excluding carboxylic acids is 1. The molecule has 1 N–H and O–H groups in total. The van der Waals surface area contributed by atoms with Crippen LogP contribution in [0.15, 0.2) is 18.2 Å². The summed E-state index contributed by atoms with van der Waals surface area (Å²) in [6, 6.07) is 3.44. The van der Waals surface area contributed by atoms with Gasteiger partial charge in [-0.3, -0.25) is 0 Å². The van der Waals surface area contributed by atoms with E-state index in [1.807, 2.05) is 0 Å². The molecule has 0 atom stereocenters. The van der Waals surface area contributed by atoms with Crippen molar-refractivity contribution in [2.45, 2.75) is 0 Å². The third kappa shape index (κ3) is 2.57. The first-order chi connectivity index (χ1) is 7.10. The highest BCUT2D eigenvalue weighted by Crippen LogP contribution is 2.06. The third-order valence-electron chi connectivity index (χ3n) is 1.81. The van der Waals surface area contributed by atoms with E-state index >= 15 is 0 Å². The first kappa shape index (κ1) is 11.7. The van der Waals surface area contributed by atoms with Crippen LogP contribution in [0.2, 0.25) is 0 Å². The van der Waals surface area contributed by atoms with Crippen LogP contribution in [-0.2, 0) is 9.31 Å². The largest absolute Gasteiger partial charge is 0.479 e. The van der Waals surface area contributed by atoms with E-state index in [0.29, 0.717) is 0 Å². The second-order valence-corrected chi connectivity index (χ2v) is 2.72. The zero-order valence-electron chi connectivity index (χ0n) is 7.94. The maximum atomic E-state index is 13.3. The van der Waals surface area contributed by atoms with E-state index in [4.69, 9.17) is 13.1 Å². The van der Waals surface area contributed by atoms with Gasteiger partial charge in [-0.1, -0.05) is 6.07 Å². The molecule has 1 aromatic rings. The minimum absolute atomic E-state index is 0.114. The zero-order valence-corrected chi connectivity index (χ0v) is 7.94. The predicted molar refractivity (Wildman–Crippen MR) is 52.2 cm³/mol. The number of halogens is 1. The lowest BCUT2D eigenvalue weighted by atomic mass is 9.78. The monoisotopic (exact) mass is 208 g/mol. The molecule has 0 aliphatic heterocycles. The number of hydrogen-bond donors (Lipinski definition) is 1. The van der Waals surface area contributed by atoms with E-state index in [1.54, 1.807) is 0 Å². The van der Waals surface area contributed by atoms with Gasteiger partial charge in [0.25, 0.3) is 8.05 Å². The lowest BCUT2D eigenvalue weighted by Gasteiger charge is -2.06. The summed E-state index contributed by atoms with van der Waals surface area (Å²) in [7, 11) is 4.44. The average molecular weight is 208 g/mol. The number of hydrogen-bond acceptors (Lipinski definition) is 4. The van der Waals surface area contributed by atoms with Gasteiger partial charge < -0.3 is 14.3 Å². The highest BCUT2D eigenvalue weighted by Gasteiger charge is 2.18. The Kier molecular flexibility index (Phi) is 3.88. The quantitative estimate of drug-likeness (QED) is 0.532. The molecule has 0 saturated heterocycles. The standard InChI is InChI=1S/C8H7B2FO4/c1-14-8(12)6-3-2-5(4-7(6)11)10(13)15-9/h2-4,13H,1H3. The first-order valence-electron chi connectivity index (χ1n) is 4.01. The van der Waals surface area contributed by atoms with Gasteiger partial charge in [0.05, 0.1) is 12.7 Å². The van der Waals surface area contributed by atoms with Gasteiger partial charge in [-0.25, -0.2) is 9.18 Å². The predicted octanol–water partition coefficient (Wildman–Crippen LogP) is -0.600. The molecule has 2 radical (unpaired) electrons. The lowest BCUT2D eigenvalue weighted by Crippen LogP contribution is -2.33. The summed E-state index contributed by atoms with van der Waals surface area (Å²) < 4.78 is 21.7. The van der Waals surface area contributed by atoms with Gasteiger partial charge in [0.1, 0.15) is 5.82 Å². The summed E-state index contributed by atoms with van der Waals surface area (Å²) in [5, 5.41) is 9.11. The summed E-state index contributed by atoms with van der Waals surface area (Å²) in [6.07, 6.45) is 0. The molecule has 0 aliphatic rings. The molecule has 4 nitrogen and oxygen atoms in total. The van der Waals surface area contributed by atoms with E-state index < -0.39 is 18.9 Å². The molecule has 1 rings (SSSR count). The third-order valence-corrected chi connectivity index (χ3v) is 1.81. The highest BCUT2D eigenvalue weighted by atomic mass is 19.1. The van der Waals surface area contributed by atoms with Crippen molar-refractivity contribution in [3.05, 3.63) is 29.6 Å². The molecule has 0 fully saturated rings. The Balaban J connectivity index is 3.03. The van der Waals surface area contributed by atoms with Crippen LogP contribution >= 0.6 is 0 Å². The van der Waals surface area contributed by atoms with Crippen LogP contribution in [-0.4, -0.2) is 33.3 Å². The van der Waals surface area contributed by atoms with E-state index in [-0.39, 0.29) is 11.0 Å². The van der Waals surface area contributed by atoms with Gasteiger partial charge in [-0.2, -0.15) is 0 Å². The number of esters is 1. The number of ether oxygens (including phenoxy) is 1. The van der Waals surface area contributed by atoms with Crippen LogP contribution in [0.4, 0.5) is 4.39 Å².